The van der Waals surface area contributed by atoms with Crippen LogP contribution in [0, 0.1) is 6.92 Å². The second-order valence-electron chi connectivity index (χ2n) is 4.46. The Morgan fingerprint density at radius 1 is 1.26 bits per heavy atom. The maximum Gasteiger partial charge on any atom is 0.289 e. The van der Waals surface area contributed by atoms with E-state index in [-0.39, 0.29) is 0 Å². The van der Waals surface area contributed by atoms with Crippen LogP contribution in [-0.2, 0) is 11.8 Å². The molecule has 5 nitrogen and oxygen atoms in total. The highest BCUT2D eigenvalue weighted by Crippen LogP contribution is 2.30. The number of hydrogen-bond acceptors (Lipinski definition) is 4. The van der Waals surface area contributed by atoms with Gasteiger partial charge in [0.15, 0.2) is 0 Å². The third-order valence-corrected chi connectivity index (χ3v) is 3.09. The monoisotopic (exact) mass is 256 g/mol. The Labute approximate surface area is 111 Å². The van der Waals surface area contributed by atoms with Crippen LogP contribution >= 0.6 is 0 Å². The molecule has 0 bridgehead atoms. The summed E-state index contributed by atoms with van der Waals surface area (Å²) in [4.78, 5) is 4.26. The van der Waals surface area contributed by atoms with Crippen molar-refractivity contribution >= 4 is 11.7 Å². The number of aliphatic imine (C=N–C) groups is 1. The number of aryl methyl sites for hydroxylation is 2. The van der Waals surface area contributed by atoms with Gasteiger partial charge in [-0.1, -0.05) is 30.3 Å². The molecule has 0 aliphatic carbocycles. The average molecular weight is 256 g/mol. The molecule has 98 valence electrons. The van der Waals surface area contributed by atoms with E-state index in [1.165, 1.54) is 0 Å². The lowest BCUT2D eigenvalue weighted by atomic mass is 10.1. The van der Waals surface area contributed by atoms with Crippen LogP contribution < -0.4 is 5.32 Å². The topological polar surface area (TPSA) is 51.4 Å². The van der Waals surface area contributed by atoms with Crippen LogP contribution in [0.2, 0.25) is 0 Å². The van der Waals surface area contributed by atoms with Gasteiger partial charge in [0, 0.05) is 12.6 Å². The number of ether oxygens (including phenoxy) is 1. The first kappa shape index (κ1) is 11.8. The molecular formula is C14H16N4O. The summed E-state index contributed by atoms with van der Waals surface area (Å²) in [7, 11) is 1.94. The first-order valence-electron chi connectivity index (χ1n) is 6.29. The number of rotatable bonds is 2. The second kappa shape index (κ2) is 4.76. The van der Waals surface area contributed by atoms with Gasteiger partial charge in [-0.2, -0.15) is 5.10 Å². The molecule has 1 aliphatic rings. The molecule has 1 N–H and O–H groups in total. The van der Waals surface area contributed by atoms with Gasteiger partial charge in [0.05, 0.1) is 23.6 Å². The first-order chi connectivity index (χ1) is 9.25. The summed E-state index contributed by atoms with van der Waals surface area (Å²) in [5.74, 6) is 0. The summed E-state index contributed by atoms with van der Waals surface area (Å²) in [6, 6.07) is 10.8. The third kappa shape index (κ3) is 2.19. The van der Waals surface area contributed by atoms with Gasteiger partial charge in [-0.05, 0) is 6.92 Å². The fourth-order valence-corrected chi connectivity index (χ4v) is 2.25. The van der Waals surface area contributed by atoms with Crippen molar-refractivity contribution in [2.75, 3.05) is 18.5 Å². The zero-order valence-corrected chi connectivity index (χ0v) is 11.1. The minimum absolute atomic E-state index is 0.577. The number of benzene rings is 1. The van der Waals surface area contributed by atoms with Gasteiger partial charge in [0.2, 0.25) is 0 Å². The van der Waals surface area contributed by atoms with Crippen LogP contribution in [0.25, 0.3) is 11.3 Å². The zero-order chi connectivity index (χ0) is 13.2. The average Bonchev–Trinajstić information content (AvgIpc) is 3.00. The molecule has 1 aliphatic heterocycles. The van der Waals surface area contributed by atoms with E-state index in [4.69, 9.17) is 4.74 Å². The summed E-state index contributed by atoms with van der Waals surface area (Å²) >= 11 is 0. The standard InChI is InChI=1S/C14H16N4O/c1-10-12(16-14-15-8-9-19-14)13(18(2)17-10)11-6-4-3-5-7-11/h3-7H,8-9H2,1-2H3,(H,15,16). The van der Waals surface area contributed by atoms with Crippen LogP contribution in [0.1, 0.15) is 5.69 Å². The van der Waals surface area contributed by atoms with Gasteiger partial charge in [0.25, 0.3) is 6.02 Å². The lowest BCUT2D eigenvalue weighted by molar-refractivity contribution is 0.346. The van der Waals surface area contributed by atoms with E-state index in [1.807, 2.05) is 36.9 Å². The molecule has 3 rings (SSSR count). The number of nitrogens with zero attached hydrogens (tertiary/aromatic N) is 3. The summed E-state index contributed by atoms with van der Waals surface area (Å²) in [5.41, 5.74) is 4.04. The van der Waals surface area contributed by atoms with E-state index in [1.54, 1.807) is 0 Å². The molecule has 2 heterocycles. The Hall–Kier alpha value is -2.30. The number of anilines is 1. The molecule has 0 saturated heterocycles. The smallest absolute Gasteiger partial charge is 0.289 e. The largest absolute Gasteiger partial charge is 0.463 e. The Bertz CT molecular complexity index is 616. The molecule has 19 heavy (non-hydrogen) atoms. The molecule has 1 aromatic heterocycles. The Balaban J connectivity index is 2.03. The number of aromatic nitrogens is 2. The summed E-state index contributed by atoms with van der Waals surface area (Å²) in [6.45, 7) is 3.33. The normalized spacial score (nSPS) is 14.1. The number of nitrogens with one attached hydrogen (secondary N) is 1. The van der Waals surface area contributed by atoms with Crippen molar-refractivity contribution in [2.45, 2.75) is 6.92 Å². The number of amidine groups is 1. The molecule has 1 aromatic carbocycles. The van der Waals surface area contributed by atoms with Gasteiger partial charge in [-0.3, -0.25) is 4.68 Å². The van der Waals surface area contributed by atoms with Gasteiger partial charge in [-0.15, -0.1) is 0 Å². The van der Waals surface area contributed by atoms with E-state index in [2.05, 4.69) is 27.5 Å². The highest BCUT2D eigenvalue weighted by atomic mass is 16.5. The van der Waals surface area contributed by atoms with Crippen molar-refractivity contribution < 1.29 is 4.74 Å². The third-order valence-electron chi connectivity index (χ3n) is 3.09. The van der Waals surface area contributed by atoms with Crippen LogP contribution in [0.15, 0.2) is 35.3 Å². The SMILES string of the molecule is Cc1nn(C)c(-c2ccccc2)c1NC1=NCCO1. The van der Waals surface area contributed by atoms with Crippen molar-refractivity contribution in [3.05, 3.63) is 36.0 Å². The Morgan fingerprint density at radius 2 is 2.05 bits per heavy atom. The quantitative estimate of drug-likeness (QED) is 0.896. The second-order valence-corrected chi connectivity index (χ2v) is 4.46. The summed E-state index contributed by atoms with van der Waals surface area (Å²) in [6.07, 6.45) is 0. The van der Waals surface area contributed by atoms with Crippen LogP contribution in [0.3, 0.4) is 0 Å². The van der Waals surface area contributed by atoms with Gasteiger partial charge >= 0.3 is 0 Å². The zero-order valence-electron chi connectivity index (χ0n) is 11.1. The summed E-state index contributed by atoms with van der Waals surface area (Å²) < 4.78 is 7.29. The molecule has 0 saturated carbocycles. The lowest BCUT2D eigenvalue weighted by Gasteiger charge is -2.09. The van der Waals surface area contributed by atoms with Gasteiger partial charge in [-0.25, -0.2) is 4.99 Å². The van der Waals surface area contributed by atoms with Crippen molar-refractivity contribution in [2.24, 2.45) is 12.0 Å². The number of hydrogen-bond donors (Lipinski definition) is 1. The highest BCUT2D eigenvalue weighted by Gasteiger charge is 2.18. The minimum atomic E-state index is 0.577. The lowest BCUT2D eigenvalue weighted by Crippen LogP contribution is -2.13. The van der Waals surface area contributed by atoms with Crippen LogP contribution in [0.4, 0.5) is 5.69 Å². The molecule has 5 heteroatoms. The maximum absolute atomic E-state index is 5.41. The minimum Gasteiger partial charge on any atom is -0.463 e. The van der Waals surface area contributed by atoms with E-state index < -0.39 is 0 Å². The van der Waals surface area contributed by atoms with Crippen molar-refractivity contribution in [3.8, 4) is 11.3 Å². The first-order valence-corrected chi connectivity index (χ1v) is 6.29. The van der Waals surface area contributed by atoms with E-state index in [0.29, 0.717) is 19.2 Å². The van der Waals surface area contributed by atoms with Crippen molar-refractivity contribution in [3.63, 3.8) is 0 Å². The van der Waals surface area contributed by atoms with E-state index in [9.17, 15) is 0 Å². The fraction of sp³-hybridized carbons (Fsp3) is 0.286. The molecule has 0 amide bonds. The predicted octanol–water partition coefficient (Wildman–Crippen LogP) is 2.19. The molecule has 2 aromatic rings. The molecule has 0 fully saturated rings. The Morgan fingerprint density at radius 3 is 2.74 bits per heavy atom. The fourth-order valence-electron chi connectivity index (χ4n) is 2.25. The van der Waals surface area contributed by atoms with E-state index in [0.717, 1.165) is 22.6 Å². The molecule has 0 unspecified atom stereocenters. The van der Waals surface area contributed by atoms with Crippen molar-refractivity contribution in [1.29, 1.82) is 0 Å². The van der Waals surface area contributed by atoms with Crippen LogP contribution in [0.5, 0.6) is 0 Å². The highest BCUT2D eigenvalue weighted by molar-refractivity contribution is 5.94. The van der Waals surface area contributed by atoms with E-state index >= 15 is 0 Å². The van der Waals surface area contributed by atoms with Gasteiger partial charge < -0.3 is 10.1 Å². The molecule has 0 atom stereocenters. The summed E-state index contributed by atoms with van der Waals surface area (Å²) in [5, 5.41) is 7.71. The van der Waals surface area contributed by atoms with Gasteiger partial charge in [0.1, 0.15) is 6.61 Å². The maximum atomic E-state index is 5.41. The Kier molecular flexibility index (Phi) is 2.95. The predicted molar refractivity (Wildman–Crippen MR) is 75.3 cm³/mol. The molecular weight excluding hydrogens is 240 g/mol. The molecule has 0 spiro atoms. The van der Waals surface area contributed by atoms with Crippen molar-refractivity contribution in [1.82, 2.24) is 9.78 Å². The van der Waals surface area contributed by atoms with Crippen LogP contribution in [-0.4, -0.2) is 29.0 Å². The molecule has 0 radical (unpaired) electrons.